The minimum absolute atomic E-state index is 0.409. The van der Waals surface area contributed by atoms with Crippen LogP contribution in [0.25, 0.3) is 0 Å². The van der Waals surface area contributed by atoms with Crippen molar-refractivity contribution >= 4 is 11.8 Å². The van der Waals surface area contributed by atoms with E-state index in [1.54, 1.807) is 0 Å². The van der Waals surface area contributed by atoms with Crippen LogP contribution in [0.3, 0.4) is 0 Å². The first-order valence-electron chi connectivity index (χ1n) is 9.29. The van der Waals surface area contributed by atoms with E-state index in [1.807, 2.05) is 6.20 Å². The molecule has 1 fully saturated rings. The number of nitrogens with two attached hydrogens (primary N) is 1. The number of rotatable bonds is 3. The Morgan fingerprint density at radius 1 is 1.20 bits per heavy atom. The van der Waals surface area contributed by atoms with Gasteiger partial charge in [-0.1, -0.05) is 0 Å². The Bertz CT molecular complexity index is 731. The minimum atomic E-state index is 0.409. The van der Waals surface area contributed by atoms with Crippen LogP contribution >= 0.6 is 0 Å². The molecule has 25 heavy (non-hydrogen) atoms. The number of nitrogens with zero attached hydrogens (tertiary/aromatic N) is 5. The molecule has 0 aliphatic carbocycles. The van der Waals surface area contributed by atoms with Crippen molar-refractivity contribution in [3.63, 3.8) is 0 Å². The number of fused-ring (bicyclic) bond motifs is 1. The zero-order chi connectivity index (χ0) is 17.2. The van der Waals surface area contributed by atoms with E-state index in [9.17, 15) is 0 Å². The average Bonchev–Trinajstić information content (AvgIpc) is 2.87. The van der Waals surface area contributed by atoms with Gasteiger partial charge in [-0.25, -0.2) is 9.97 Å². The van der Waals surface area contributed by atoms with E-state index < -0.39 is 0 Å². The van der Waals surface area contributed by atoms with E-state index in [0.29, 0.717) is 11.9 Å². The molecular formula is C18H27N7. The molecule has 0 amide bonds. The minimum Gasteiger partial charge on any atom is -0.368 e. The lowest BCUT2D eigenvalue weighted by atomic mass is 9.96. The van der Waals surface area contributed by atoms with Crippen molar-refractivity contribution in [3.05, 3.63) is 29.5 Å². The Balaban J connectivity index is 1.47. The Morgan fingerprint density at radius 3 is 2.76 bits per heavy atom. The van der Waals surface area contributed by atoms with Crippen molar-refractivity contribution in [1.82, 2.24) is 24.8 Å². The van der Waals surface area contributed by atoms with E-state index in [2.05, 4.69) is 42.9 Å². The molecule has 2 aromatic rings. The molecule has 3 N–H and O–H groups in total. The summed E-state index contributed by atoms with van der Waals surface area (Å²) in [7, 11) is 0. The number of hydrogen-bond acceptors (Lipinski definition) is 6. The number of piperidine rings is 1. The van der Waals surface area contributed by atoms with Gasteiger partial charge in [0, 0.05) is 50.6 Å². The van der Waals surface area contributed by atoms with Crippen molar-refractivity contribution in [1.29, 1.82) is 0 Å². The highest BCUT2D eigenvalue weighted by Gasteiger charge is 2.25. The van der Waals surface area contributed by atoms with Gasteiger partial charge >= 0.3 is 0 Å². The number of nitrogen functional groups attached to an aromatic ring is 1. The molecule has 2 aliphatic heterocycles. The summed E-state index contributed by atoms with van der Waals surface area (Å²) in [6.45, 7) is 7.16. The maximum absolute atomic E-state index is 6.00. The van der Waals surface area contributed by atoms with Gasteiger partial charge in [0.05, 0.1) is 5.69 Å². The van der Waals surface area contributed by atoms with Gasteiger partial charge in [-0.2, -0.15) is 4.98 Å². The first-order chi connectivity index (χ1) is 12.2. The summed E-state index contributed by atoms with van der Waals surface area (Å²) in [6.07, 6.45) is 8.24. The van der Waals surface area contributed by atoms with E-state index >= 15 is 0 Å². The summed E-state index contributed by atoms with van der Waals surface area (Å²) in [4.78, 5) is 15.9. The molecule has 2 aromatic heterocycles. The lowest BCUT2D eigenvalue weighted by Gasteiger charge is -2.34. The summed E-state index contributed by atoms with van der Waals surface area (Å²) >= 11 is 0. The lowest BCUT2D eigenvalue weighted by molar-refractivity contribution is 0.353. The maximum atomic E-state index is 6.00. The second-order valence-corrected chi connectivity index (χ2v) is 7.14. The smallest absolute Gasteiger partial charge is 0.222 e. The van der Waals surface area contributed by atoms with Crippen molar-refractivity contribution in [2.75, 3.05) is 36.8 Å². The third kappa shape index (κ3) is 3.46. The average molecular weight is 341 g/mol. The zero-order valence-electron chi connectivity index (χ0n) is 14.9. The molecule has 0 radical (unpaired) electrons. The molecule has 134 valence electrons. The first kappa shape index (κ1) is 16.3. The number of nitrogens with one attached hydrogen (secondary N) is 1. The van der Waals surface area contributed by atoms with Crippen molar-refractivity contribution < 1.29 is 0 Å². The van der Waals surface area contributed by atoms with Crippen molar-refractivity contribution in [3.8, 4) is 0 Å². The van der Waals surface area contributed by atoms with Crippen LogP contribution in [0.2, 0.25) is 0 Å². The molecule has 1 saturated heterocycles. The van der Waals surface area contributed by atoms with Crippen LogP contribution in [0.1, 0.15) is 29.9 Å². The van der Waals surface area contributed by atoms with Crippen LogP contribution in [0.4, 0.5) is 11.8 Å². The van der Waals surface area contributed by atoms with Gasteiger partial charge in [-0.15, -0.1) is 0 Å². The van der Waals surface area contributed by atoms with E-state index in [0.717, 1.165) is 62.9 Å². The number of aryl methyl sites for hydroxylation is 1. The van der Waals surface area contributed by atoms with Crippen LogP contribution < -0.4 is 16.0 Å². The van der Waals surface area contributed by atoms with Gasteiger partial charge in [-0.05, 0) is 38.6 Å². The van der Waals surface area contributed by atoms with Crippen LogP contribution in [-0.4, -0.2) is 45.7 Å². The molecule has 4 rings (SSSR count). The Labute approximate surface area is 148 Å². The Kier molecular flexibility index (Phi) is 4.57. The van der Waals surface area contributed by atoms with Gasteiger partial charge in [-0.3, -0.25) is 0 Å². The van der Waals surface area contributed by atoms with Crippen LogP contribution in [0.5, 0.6) is 0 Å². The molecule has 0 atom stereocenters. The van der Waals surface area contributed by atoms with Gasteiger partial charge in [0.25, 0.3) is 0 Å². The molecule has 7 nitrogen and oxygen atoms in total. The summed E-state index contributed by atoms with van der Waals surface area (Å²) in [5, 5.41) is 3.45. The Hall–Kier alpha value is -2.15. The molecule has 0 unspecified atom stereocenters. The highest BCUT2D eigenvalue weighted by Crippen LogP contribution is 2.29. The van der Waals surface area contributed by atoms with E-state index in [4.69, 9.17) is 5.73 Å². The molecule has 2 aliphatic rings. The van der Waals surface area contributed by atoms with Crippen LogP contribution in [-0.2, 0) is 19.4 Å². The highest BCUT2D eigenvalue weighted by molar-refractivity contribution is 5.53. The molecule has 4 heterocycles. The third-order valence-corrected chi connectivity index (χ3v) is 5.47. The molecule has 0 saturated carbocycles. The fourth-order valence-electron chi connectivity index (χ4n) is 4.01. The second-order valence-electron chi connectivity index (χ2n) is 7.14. The lowest BCUT2D eigenvalue weighted by Crippen LogP contribution is -2.36. The molecule has 0 aromatic carbocycles. The number of imidazole rings is 1. The fourth-order valence-corrected chi connectivity index (χ4v) is 4.01. The SMILES string of the molecule is Cc1nccn1CC1CCN(c2nc(N)nc3c2CCNCC3)CC1. The highest BCUT2D eigenvalue weighted by atomic mass is 15.2. The van der Waals surface area contributed by atoms with Gasteiger partial charge in [0.15, 0.2) is 0 Å². The molecule has 0 bridgehead atoms. The van der Waals surface area contributed by atoms with Crippen LogP contribution in [0, 0.1) is 12.8 Å². The molecule has 7 heteroatoms. The fraction of sp³-hybridized carbons (Fsp3) is 0.611. The predicted molar refractivity (Wildman–Crippen MR) is 98.6 cm³/mol. The standard InChI is InChI=1S/C18H27N7/c1-13-21-8-11-25(13)12-14-4-9-24(10-5-14)17-15-2-6-20-7-3-16(15)22-18(19)23-17/h8,11,14,20H,2-7,9-10,12H2,1H3,(H2,19,22,23). The van der Waals surface area contributed by atoms with Crippen molar-refractivity contribution in [2.24, 2.45) is 5.92 Å². The van der Waals surface area contributed by atoms with Gasteiger partial charge < -0.3 is 20.5 Å². The number of anilines is 2. The zero-order valence-corrected chi connectivity index (χ0v) is 14.9. The quantitative estimate of drug-likeness (QED) is 0.872. The van der Waals surface area contributed by atoms with E-state index in [1.165, 1.54) is 18.4 Å². The second kappa shape index (κ2) is 7.00. The summed E-state index contributed by atoms with van der Waals surface area (Å²) in [5.74, 6) is 3.28. The number of aromatic nitrogens is 4. The van der Waals surface area contributed by atoms with Gasteiger partial charge in [0.1, 0.15) is 11.6 Å². The summed E-state index contributed by atoms with van der Waals surface area (Å²) in [5.41, 5.74) is 8.42. The summed E-state index contributed by atoms with van der Waals surface area (Å²) < 4.78 is 2.26. The monoisotopic (exact) mass is 341 g/mol. The Morgan fingerprint density at radius 2 is 2.00 bits per heavy atom. The van der Waals surface area contributed by atoms with Gasteiger partial charge in [0.2, 0.25) is 5.95 Å². The topological polar surface area (TPSA) is 84.9 Å². The normalized spacial score (nSPS) is 18.8. The number of hydrogen-bond donors (Lipinski definition) is 2. The molecular weight excluding hydrogens is 314 g/mol. The largest absolute Gasteiger partial charge is 0.368 e. The predicted octanol–water partition coefficient (Wildman–Crippen LogP) is 1.17. The first-order valence-corrected chi connectivity index (χ1v) is 9.29. The maximum Gasteiger partial charge on any atom is 0.222 e. The van der Waals surface area contributed by atoms with Crippen molar-refractivity contribution in [2.45, 2.75) is 39.2 Å². The van der Waals surface area contributed by atoms with E-state index in [-0.39, 0.29) is 0 Å². The third-order valence-electron chi connectivity index (χ3n) is 5.47. The molecule has 0 spiro atoms. The summed E-state index contributed by atoms with van der Waals surface area (Å²) in [6, 6.07) is 0. The van der Waals surface area contributed by atoms with Crippen LogP contribution in [0.15, 0.2) is 12.4 Å².